The van der Waals surface area contributed by atoms with Crippen molar-refractivity contribution in [1.29, 1.82) is 0 Å². The van der Waals surface area contributed by atoms with Gasteiger partial charge in [0.05, 0.1) is 0 Å². The molecule has 1 aliphatic rings. The van der Waals surface area contributed by atoms with Crippen LogP contribution in [-0.2, 0) is 0 Å². The van der Waals surface area contributed by atoms with E-state index in [1.54, 1.807) is 10.6 Å². The summed E-state index contributed by atoms with van der Waals surface area (Å²) in [4.78, 5) is 20.7. The van der Waals surface area contributed by atoms with Crippen molar-refractivity contribution < 1.29 is 9.18 Å². The molecule has 4 aromatic rings. The number of anilines is 2. The maximum absolute atomic E-state index is 13.6. The second-order valence-corrected chi connectivity index (χ2v) is 8.82. The number of imidazole rings is 1. The third-order valence-corrected chi connectivity index (χ3v) is 6.58. The smallest absolute Gasteiger partial charge is 0.256 e. The Kier molecular flexibility index (Phi) is 5.15. The van der Waals surface area contributed by atoms with Crippen molar-refractivity contribution in [2.45, 2.75) is 19.8 Å². The van der Waals surface area contributed by atoms with Crippen LogP contribution in [0.5, 0.6) is 0 Å². The molecule has 0 radical (unpaired) electrons. The first-order valence-corrected chi connectivity index (χ1v) is 11.2. The van der Waals surface area contributed by atoms with E-state index in [1.807, 2.05) is 30.3 Å². The topological polar surface area (TPSA) is 62.5 Å². The molecule has 1 N–H and O–H groups in total. The van der Waals surface area contributed by atoms with Gasteiger partial charge in [0, 0.05) is 24.2 Å². The van der Waals surface area contributed by atoms with Gasteiger partial charge in [-0.1, -0.05) is 54.7 Å². The van der Waals surface area contributed by atoms with E-state index in [2.05, 4.69) is 17.1 Å². The van der Waals surface area contributed by atoms with Crippen LogP contribution < -0.4 is 10.2 Å². The number of nitrogens with zero attached hydrogens (tertiary/aromatic N) is 4. The average molecular weight is 436 g/mol. The quantitative estimate of drug-likeness (QED) is 0.485. The molecule has 3 heterocycles. The summed E-state index contributed by atoms with van der Waals surface area (Å²) in [6, 6.07) is 15.3. The Labute approximate surface area is 183 Å². The lowest BCUT2D eigenvalue weighted by Gasteiger charge is -2.29. The van der Waals surface area contributed by atoms with Crippen molar-refractivity contribution in [3.63, 3.8) is 0 Å². The molecule has 8 heteroatoms. The Bertz CT molecular complexity index is 1230. The lowest BCUT2D eigenvalue weighted by Crippen LogP contribution is -2.32. The first-order chi connectivity index (χ1) is 15.1. The van der Waals surface area contributed by atoms with Crippen molar-refractivity contribution in [1.82, 2.24) is 14.6 Å². The maximum atomic E-state index is 13.6. The molecule has 1 saturated heterocycles. The maximum Gasteiger partial charge on any atom is 0.256 e. The summed E-state index contributed by atoms with van der Waals surface area (Å²) < 4.78 is 15.3. The van der Waals surface area contributed by atoms with Gasteiger partial charge in [-0.3, -0.25) is 4.79 Å². The number of carbonyl (C=O) groups is 1. The minimum absolute atomic E-state index is 0.245. The zero-order chi connectivity index (χ0) is 21.4. The van der Waals surface area contributed by atoms with E-state index in [0.717, 1.165) is 42.5 Å². The van der Waals surface area contributed by atoms with Crippen LogP contribution in [0.25, 0.3) is 16.2 Å². The molecule has 0 spiro atoms. The number of halogens is 1. The van der Waals surface area contributed by atoms with Crippen LogP contribution in [0.1, 0.15) is 30.1 Å². The predicted octanol–water partition coefficient (Wildman–Crippen LogP) is 5.09. The normalized spacial score (nSPS) is 14.8. The highest BCUT2D eigenvalue weighted by molar-refractivity contribution is 7.20. The molecule has 0 atom stereocenters. The Morgan fingerprint density at radius 3 is 2.65 bits per heavy atom. The van der Waals surface area contributed by atoms with Crippen molar-refractivity contribution in [3.8, 4) is 11.3 Å². The van der Waals surface area contributed by atoms with Crippen LogP contribution >= 0.6 is 11.3 Å². The average Bonchev–Trinajstić information content (AvgIpc) is 3.34. The molecule has 6 nitrogen and oxygen atoms in total. The second kappa shape index (κ2) is 8.11. The highest BCUT2D eigenvalue weighted by Crippen LogP contribution is 2.34. The van der Waals surface area contributed by atoms with Gasteiger partial charge in [-0.05, 0) is 37.0 Å². The Hall–Kier alpha value is -3.26. The summed E-state index contributed by atoms with van der Waals surface area (Å²) in [5.74, 6) is 0.360. The van der Waals surface area contributed by atoms with Gasteiger partial charge in [0.25, 0.3) is 5.91 Å². The van der Waals surface area contributed by atoms with Gasteiger partial charge in [-0.2, -0.15) is 4.52 Å². The molecule has 0 bridgehead atoms. The first-order valence-electron chi connectivity index (χ1n) is 10.4. The number of aromatic nitrogens is 3. The zero-order valence-electron chi connectivity index (χ0n) is 17.1. The Balaban J connectivity index is 1.55. The van der Waals surface area contributed by atoms with Crippen LogP contribution in [0.2, 0.25) is 0 Å². The number of hydrogen-bond acceptors (Lipinski definition) is 5. The van der Waals surface area contributed by atoms with E-state index in [0.29, 0.717) is 16.5 Å². The predicted molar refractivity (Wildman–Crippen MR) is 121 cm³/mol. The van der Waals surface area contributed by atoms with E-state index >= 15 is 0 Å². The fraction of sp³-hybridized carbons (Fsp3) is 0.261. The molecular weight excluding hydrogens is 413 g/mol. The molecule has 2 aromatic carbocycles. The molecule has 5 rings (SSSR count). The zero-order valence-corrected chi connectivity index (χ0v) is 17.9. The fourth-order valence-electron chi connectivity index (χ4n) is 3.78. The van der Waals surface area contributed by atoms with Crippen molar-refractivity contribution in [2.24, 2.45) is 5.92 Å². The summed E-state index contributed by atoms with van der Waals surface area (Å²) in [5.41, 5.74) is 1.76. The lowest BCUT2D eigenvalue weighted by molar-refractivity contribution is 0.102. The van der Waals surface area contributed by atoms with Gasteiger partial charge in [0.1, 0.15) is 11.5 Å². The summed E-state index contributed by atoms with van der Waals surface area (Å²) >= 11 is 1.52. The van der Waals surface area contributed by atoms with Crippen LogP contribution in [-0.4, -0.2) is 33.6 Å². The van der Waals surface area contributed by atoms with Crippen LogP contribution in [0.15, 0.2) is 54.6 Å². The molecule has 0 aliphatic carbocycles. The summed E-state index contributed by atoms with van der Waals surface area (Å²) in [5, 5.41) is 8.60. The SMILES string of the molecule is CC1CCN(c2nn3c(NC(=O)c4cccc(F)c4)c(-c4ccccc4)nc3s2)CC1. The van der Waals surface area contributed by atoms with Gasteiger partial charge in [0.2, 0.25) is 10.1 Å². The number of amides is 1. The third-order valence-electron chi connectivity index (χ3n) is 5.61. The van der Waals surface area contributed by atoms with Gasteiger partial charge >= 0.3 is 0 Å². The first kappa shape index (κ1) is 19.7. The van der Waals surface area contributed by atoms with Crippen LogP contribution in [0.4, 0.5) is 15.3 Å². The van der Waals surface area contributed by atoms with Gasteiger partial charge < -0.3 is 10.2 Å². The number of carbonyl (C=O) groups excluding carboxylic acids is 1. The van der Waals surface area contributed by atoms with E-state index in [4.69, 9.17) is 10.1 Å². The number of piperidine rings is 1. The molecule has 1 aliphatic heterocycles. The van der Waals surface area contributed by atoms with E-state index in [-0.39, 0.29) is 5.56 Å². The standard InChI is InChI=1S/C23H22FN5OS/c1-15-10-12-28(13-11-15)23-27-29-20(26-21(30)17-8-5-9-18(24)14-17)19(25-22(29)31-23)16-6-3-2-4-7-16/h2-9,14-15H,10-13H2,1H3,(H,26,30). The molecular formula is C23H22FN5OS. The van der Waals surface area contributed by atoms with Crippen molar-refractivity contribution in [3.05, 3.63) is 66.0 Å². The highest BCUT2D eigenvalue weighted by Gasteiger charge is 2.24. The molecule has 31 heavy (non-hydrogen) atoms. The Morgan fingerprint density at radius 2 is 1.90 bits per heavy atom. The number of benzene rings is 2. The number of fused-ring (bicyclic) bond motifs is 1. The minimum atomic E-state index is -0.454. The second-order valence-electron chi connectivity index (χ2n) is 7.89. The molecule has 1 fully saturated rings. The lowest BCUT2D eigenvalue weighted by atomic mass is 10.00. The molecule has 158 valence electrons. The minimum Gasteiger partial charge on any atom is -0.347 e. The summed E-state index contributed by atoms with van der Waals surface area (Å²) in [6.07, 6.45) is 2.28. The molecule has 0 unspecified atom stereocenters. The Morgan fingerprint density at radius 1 is 1.13 bits per heavy atom. The van der Waals surface area contributed by atoms with Crippen LogP contribution in [0, 0.1) is 11.7 Å². The van der Waals surface area contributed by atoms with Crippen LogP contribution in [0.3, 0.4) is 0 Å². The number of nitrogens with one attached hydrogen (secondary N) is 1. The van der Waals surface area contributed by atoms with Gasteiger partial charge in [-0.15, -0.1) is 5.10 Å². The van der Waals surface area contributed by atoms with Crippen molar-refractivity contribution >= 4 is 33.2 Å². The van der Waals surface area contributed by atoms with E-state index < -0.39 is 11.7 Å². The number of hydrogen-bond donors (Lipinski definition) is 1. The van der Waals surface area contributed by atoms with E-state index in [9.17, 15) is 9.18 Å². The summed E-state index contributed by atoms with van der Waals surface area (Å²) in [7, 11) is 0. The fourth-order valence-corrected chi connectivity index (χ4v) is 4.74. The van der Waals surface area contributed by atoms with Gasteiger partial charge in [0.15, 0.2) is 5.82 Å². The molecule has 1 amide bonds. The van der Waals surface area contributed by atoms with E-state index in [1.165, 1.54) is 29.5 Å². The van der Waals surface area contributed by atoms with Gasteiger partial charge in [-0.25, -0.2) is 9.37 Å². The molecule has 2 aromatic heterocycles. The molecule has 0 saturated carbocycles. The van der Waals surface area contributed by atoms with Crippen molar-refractivity contribution in [2.75, 3.05) is 23.3 Å². The third kappa shape index (κ3) is 3.90. The number of rotatable bonds is 4. The monoisotopic (exact) mass is 435 g/mol. The largest absolute Gasteiger partial charge is 0.347 e. The summed E-state index contributed by atoms with van der Waals surface area (Å²) in [6.45, 7) is 4.21. The highest BCUT2D eigenvalue weighted by atomic mass is 32.1.